The number of hydrogen-bond donors (Lipinski definition) is 1. The second kappa shape index (κ2) is 7.16. The highest BCUT2D eigenvalue weighted by Gasteiger charge is 2.37. The van der Waals surface area contributed by atoms with E-state index < -0.39 is 0 Å². The average Bonchev–Trinajstić information content (AvgIpc) is 2.62. The van der Waals surface area contributed by atoms with Gasteiger partial charge in [0.15, 0.2) is 0 Å². The van der Waals surface area contributed by atoms with Gasteiger partial charge in [0.05, 0.1) is 18.7 Å². The molecule has 1 aliphatic rings. The van der Waals surface area contributed by atoms with E-state index in [1.165, 1.54) is 0 Å². The van der Waals surface area contributed by atoms with E-state index in [2.05, 4.69) is 19.1 Å². The summed E-state index contributed by atoms with van der Waals surface area (Å²) in [6.45, 7) is 5.11. The molecule has 4 heteroatoms. The van der Waals surface area contributed by atoms with Crippen molar-refractivity contribution in [3.63, 3.8) is 0 Å². The van der Waals surface area contributed by atoms with Crippen LogP contribution in [-0.2, 0) is 11.3 Å². The van der Waals surface area contributed by atoms with Crippen LogP contribution in [0.5, 0.6) is 0 Å². The van der Waals surface area contributed by atoms with Gasteiger partial charge in [0.25, 0.3) is 5.91 Å². The summed E-state index contributed by atoms with van der Waals surface area (Å²) >= 11 is 0. The standard InChI is InChI=1S/C20H24N2O2/c1-14-13-24-19(17-6-4-3-5-7-17)15(2)22(14)20(23)18-10-8-16(12-21)9-11-18/h3-11,14-15,19H,12-13,21H2,1-2H3/t14-,15+,19+/m1/s1. The van der Waals surface area contributed by atoms with Gasteiger partial charge in [0, 0.05) is 12.1 Å². The highest BCUT2D eigenvalue weighted by Crippen LogP contribution is 2.31. The number of nitrogens with two attached hydrogens (primary N) is 1. The summed E-state index contributed by atoms with van der Waals surface area (Å²) in [5.41, 5.74) is 8.46. The summed E-state index contributed by atoms with van der Waals surface area (Å²) in [4.78, 5) is 15.0. The van der Waals surface area contributed by atoms with Crippen molar-refractivity contribution in [1.29, 1.82) is 0 Å². The molecule has 4 nitrogen and oxygen atoms in total. The van der Waals surface area contributed by atoms with Gasteiger partial charge in [-0.2, -0.15) is 0 Å². The van der Waals surface area contributed by atoms with Gasteiger partial charge in [0.2, 0.25) is 0 Å². The van der Waals surface area contributed by atoms with E-state index >= 15 is 0 Å². The first-order chi connectivity index (χ1) is 11.6. The van der Waals surface area contributed by atoms with E-state index in [0.717, 1.165) is 11.1 Å². The van der Waals surface area contributed by atoms with Crippen LogP contribution >= 0.6 is 0 Å². The Balaban J connectivity index is 1.85. The van der Waals surface area contributed by atoms with E-state index in [0.29, 0.717) is 18.7 Å². The van der Waals surface area contributed by atoms with E-state index in [4.69, 9.17) is 10.5 Å². The Labute approximate surface area is 143 Å². The lowest BCUT2D eigenvalue weighted by Crippen LogP contribution is -2.53. The number of nitrogens with zero attached hydrogens (tertiary/aromatic N) is 1. The molecule has 1 aliphatic heterocycles. The molecule has 1 heterocycles. The Bertz CT molecular complexity index is 685. The van der Waals surface area contributed by atoms with Crippen molar-refractivity contribution >= 4 is 5.91 Å². The van der Waals surface area contributed by atoms with E-state index in [1.807, 2.05) is 54.3 Å². The van der Waals surface area contributed by atoms with E-state index in [1.54, 1.807) is 0 Å². The molecule has 1 amide bonds. The van der Waals surface area contributed by atoms with Crippen LogP contribution in [-0.4, -0.2) is 29.5 Å². The van der Waals surface area contributed by atoms with Crippen LogP contribution in [0.2, 0.25) is 0 Å². The highest BCUT2D eigenvalue weighted by atomic mass is 16.5. The van der Waals surface area contributed by atoms with E-state index in [9.17, 15) is 4.79 Å². The quantitative estimate of drug-likeness (QED) is 0.943. The summed E-state index contributed by atoms with van der Waals surface area (Å²) < 4.78 is 6.03. The van der Waals surface area contributed by atoms with Crippen molar-refractivity contribution in [2.24, 2.45) is 5.73 Å². The predicted octanol–water partition coefficient (Wildman–Crippen LogP) is 3.14. The Morgan fingerprint density at radius 2 is 1.79 bits per heavy atom. The first-order valence-corrected chi connectivity index (χ1v) is 8.40. The normalized spacial score (nSPS) is 24.0. The maximum Gasteiger partial charge on any atom is 0.254 e. The third-order valence-electron chi connectivity index (χ3n) is 4.67. The minimum atomic E-state index is -0.102. The molecule has 0 spiro atoms. The number of amides is 1. The molecule has 2 N–H and O–H groups in total. The molecule has 24 heavy (non-hydrogen) atoms. The van der Waals surface area contributed by atoms with Crippen LogP contribution in [0.15, 0.2) is 54.6 Å². The maximum absolute atomic E-state index is 13.0. The van der Waals surface area contributed by atoms with Crippen LogP contribution in [0.4, 0.5) is 0 Å². The van der Waals surface area contributed by atoms with Crippen molar-refractivity contribution in [1.82, 2.24) is 4.90 Å². The van der Waals surface area contributed by atoms with Crippen LogP contribution in [0.3, 0.4) is 0 Å². The number of morpholine rings is 1. The Morgan fingerprint density at radius 1 is 1.12 bits per heavy atom. The summed E-state index contributed by atoms with van der Waals surface area (Å²) in [5.74, 6) is 0.0443. The summed E-state index contributed by atoms with van der Waals surface area (Å²) in [7, 11) is 0. The summed E-state index contributed by atoms with van der Waals surface area (Å²) in [6.07, 6.45) is -0.102. The Morgan fingerprint density at radius 3 is 2.42 bits per heavy atom. The molecule has 126 valence electrons. The second-order valence-electron chi connectivity index (χ2n) is 6.37. The summed E-state index contributed by atoms with van der Waals surface area (Å²) in [6, 6.07) is 17.7. The number of ether oxygens (including phenoxy) is 1. The highest BCUT2D eigenvalue weighted by molar-refractivity contribution is 5.94. The topological polar surface area (TPSA) is 55.6 Å². The molecule has 3 rings (SSSR count). The zero-order chi connectivity index (χ0) is 17.1. The molecule has 2 aromatic rings. The van der Waals surface area contributed by atoms with Gasteiger partial charge < -0.3 is 15.4 Å². The van der Waals surface area contributed by atoms with Crippen LogP contribution in [0.25, 0.3) is 0 Å². The zero-order valence-electron chi connectivity index (χ0n) is 14.2. The number of rotatable bonds is 3. The largest absolute Gasteiger partial charge is 0.369 e. The first-order valence-electron chi connectivity index (χ1n) is 8.40. The molecule has 0 bridgehead atoms. The molecular weight excluding hydrogens is 300 g/mol. The second-order valence-corrected chi connectivity index (χ2v) is 6.37. The van der Waals surface area contributed by atoms with Crippen LogP contribution < -0.4 is 5.73 Å². The molecule has 1 saturated heterocycles. The Hall–Kier alpha value is -2.17. The van der Waals surface area contributed by atoms with Crippen LogP contribution in [0.1, 0.15) is 41.4 Å². The van der Waals surface area contributed by atoms with E-state index in [-0.39, 0.29) is 24.1 Å². The van der Waals surface area contributed by atoms with Gasteiger partial charge >= 0.3 is 0 Å². The predicted molar refractivity (Wildman–Crippen MR) is 94.6 cm³/mol. The van der Waals surface area contributed by atoms with Gasteiger partial charge in [-0.3, -0.25) is 4.79 Å². The molecular formula is C20H24N2O2. The minimum Gasteiger partial charge on any atom is -0.369 e. The van der Waals surface area contributed by atoms with Crippen LogP contribution in [0, 0.1) is 0 Å². The van der Waals surface area contributed by atoms with Crippen molar-refractivity contribution < 1.29 is 9.53 Å². The van der Waals surface area contributed by atoms with Crippen molar-refractivity contribution in [3.8, 4) is 0 Å². The fourth-order valence-corrected chi connectivity index (χ4v) is 3.34. The lowest BCUT2D eigenvalue weighted by atomic mass is 9.97. The number of benzene rings is 2. The van der Waals surface area contributed by atoms with Gasteiger partial charge in [0.1, 0.15) is 6.10 Å². The lowest BCUT2D eigenvalue weighted by molar-refractivity contribution is -0.0806. The fraction of sp³-hybridized carbons (Fsp3) is 0.350. The maximum atomic E-state index is 13.0. The first kappa shape index (κ1) is 16.7. The number of carbonyl (C=O) groups excluding carboxylic acids is 1. The van der Waals surface area contributed by atoms with Crippen molar-refractivity contribution in [2.75, 3.05) is 6.61 Å². The Kier molecular flexibility index (Phi) is 4.97. The summed E-state index contributed by atoms with van der Waals surface area (Å²) in [5, 5.41) is 0. The van der Waals surface area contributed by atoms with Crippen molar-refractivity contribution in [2.45, 2.75) is 38.6 Å². The lowest BCUT2D eigenvalue weighted by Gasteiger charge is -2.44. The molecule has 1 fully saturated rings. The molecule has 0 aliphatic carbocycles. The number of hydrogen-bond acceptors (Lipinski definition) is 3. The molecule has 2 aromatic carbocycles. The van der Waals surface area contributed by atoms with Gasteiger partial charge in [-0.25, -0.2) is 0 Å². The smallest absolute Gasteiger partial charge is 0.254 e. The molecule has 0 saturated carbocycles. The average molecular weight is 324 g/mol. The number of carbonyl (C=O) groups is 1. The monoisotopic (exact) mass is 324 g/mol. The molecule has 0 unspecified atom stereocenters. The molecule has 3 atom stereocenters. The molecule has 0 aromatic heterocycles. The minimum absolute atomic E-state index is 0.0298. The third kappa shape index (κ3) is 3.21. The molecule has 0 radical (unpaired) electrons. The van der Waals surface area contributed by atoms with Gasteiger partial charge in [-0.15, -0.1) is 0 Å². The van der Waals surface area contributed by atoms with Gasteiger partial charge in [-0.05, 0) is 37.1 Å². The zero-order valence-corrected chi connectivity index (χ0v) is 14.2. The van der Waals surface area contributed by atoms with Gasteiger partial charge in [-0.1, -0.05) is 42.5 Å². The third-order valence-corrected chi connectivity index (χ3v) is 4.67. The van der Waals surface area contributed by atoms with Crippen molar-refractivity contribution in [3.05, 3.63) is 71.3 Å². The SMILES string of the molecule is C[C@@H]1CO[C@H](c2ccccc2)[C@H](C)N1C(=O)c1ccc(CN)cc1. The fourth-order valence-electron chi connectivity index (χ4n) is 3.34.